The van der Waals surface area contributed by atoms with Gasteiger partial charge in [0.25, 0.3) is 0 Å². The number of aryl methyl sites for hydroxylation is 2. The van der Waals surface area contributed by atoms with Crippen molar-refractivity contribution >= 4 is 38.1 Å². The molecular formula is C20H15N. The van der Waals surface area contributed by atoms with Crippen molar-refractivity contribution in [1.29, 1.82) is 0 Å². The fourth-order valence-electron chi connectivity index (χ4n) is 3.94. The quantitative estimate of drug-likeness (QED) is 0.352. The fraction of sp³-hybridized carbons (Fsp3) is 0.100. The Labute approximate surface area is 122 Å². The molecule has 0 atom stereocenters. The summed E-state index contributed by atoms with van der Waals surface area (Å²) in [7, 11) is 0. The Kier molecular flexibility index (Phi) is 1.89. The molecule has 0 fully saturated rings. The summed E-state index contributed by atoms with van der Waals surface area (Å²) < 4.78 is 2.44. The lowest BCUT2D eigenvalue weighted by atomic mass is 10.0. The van der Waals surface area contributed by atoms with Gasteiger partial charge in [0, 0.05) is 21.5 Å². The summed E-state index contributed by atoms with van der Waals surface area (Å²) >= 11 is 0. The van der Waals surface area contributed by atoms with E-state index in [2.05, 4.69) is 72.8 Å². The van der Waals surface area contributed by atoms with Crippen molar-refractivity contribution in [3.8, 4) is 0 Å². The van der Waals surface area contributed by atoms with Gasteiger partial charge in [-0.05, 0) is 37.1 Å². The molecule has 0 saturated carbocycles. The van der Waals surface area contributed by atoms with E-state index in [0.717, 1.165) is 0 Å². The van der Waals surface area contributed by atoms with Crippen molar-refractivity contribution in [2.75, 3.05) is 0 Å². The Morgan fingerprint density at radius 2 is 1.48 bits per heavy atom. The second-order valence-electron chi connectivity index (χ2n) is 6.03. The van der Waals surface area contributed by atoms with Gasteiger partial charge in [-0.1, -0.05) is 42.5 Å². The third-order valence-corrected chi connectivity index (χ3v) is 4.66. The highest BCUT2D eigenvalue weighted by Gasteiger charge is 2.17. The van der Waals surface area contributed by atoms with Gasteiger partial charge in [-0.25, -0.2) is 0 Å². The Morgan fingerprint density at radius 3 is 2.38 bits per heavy atom. The second-order valence-corrected chi connectivity index (χ2v) is 6.03. The van der Waals surface area contributed by atoms with E-state index < -0.39 is 0 Å². The number of benzene rings is 3. The van der Waals surface area contributed by atoms with Gasteiger partial charge < -0.3 is 4.40 Å². The summed E-state index contributed by atoms with van der Waals surface area (Å²) in [6.07, 6.45) is 0. The predicted octanol–water partition coefficient (Wildman–Crippen LogP) is 5.45. The minimum absolute atomic E-state index is 1.31. The first-order chi connectivity index (χ1) is 10.3. The topological polar surface area (TPSA) is 4.41 Å². The predicted molar refractivity (Wildman–Crippen MR) is 90.6 cm³/mol. The highest BCUT2D eigenvalue weighted by atomic mass is 14.9. The molecule has 2 aromatic heterocycles. The van der Waals surface area contributed by atoms with Crippen LogP contribution in [0.15, 0.2) is 54.6 Å². The Balaban J connectivity index is 2.28. The van der Waals surface area contributed by atoms with E-state index in [1.165, 1.54) is 49.2 Å². The molecule has 21 heavy (non-hydrogen) atoms. The van der Waals surface area contributed by atoms with Crippen LogP contribution in [0.25, 0.3) is 38.1 Å². The van der Waals surface area contributed by atoms with Crippen molar-refractivity contribution in [2.45, 2.75) is 13.8 Å². The largest absolute Gasteiger partial charge is 0.308 e. The number of hydrogen-bond acceptors (Lipinski definition) is 0. The number of para-hydroxylation sites is 2. The molecule has 0 saturated heterocycles. The maximum atomic E-state index is 2.44. The zero-order chi connectivity index (χ0) is 14.1. The van der Waals surface area contributed by atoms with Crippen molar-refractivity contribution in [1.82, 2.24) is 4.40 Å². The van der Waals surface area contributed by atoms with Crippen LogP contribution >= 0.6 is 0 Å². The Hall–Kier alpha value is -2.54. The maximum Gasteiger partial charge on any atom is 0.0620 e. The van der Waals surface area contributed by atoms with Gasteiger partial charge in [0.15, 0.2) is 0 Å². The molecule has 0 unspecified atom stereocenters. The van der Waals surface area contributed by atoms with Crippen LogP contribution in [0.2, 0.25) is 0 Å². The standard InChI is InChI=1S/C20H15N/c1-12-10-13(2)19-16-8-5-7-15-14-6-3-4-9-17(14)21(20(15)16)18(19)11-12/h3-11H,1-2H3. The lowest BCUT2D eigenvalue weighted by Crippen LogP contribution is -1.83. The number of aromatic nitrogens is 1. The molecule has 0 aliphatic carbocycles. The first-order valence-electron chi connectivity index (χ1n) is 7.40. The Morgan fingerprint density at radius 1 is 0.714 bits per heavy atom. The summed E-state index contributed by atoms with van der Waals surface area (Å²) in [5.41, 5.74) is 6.70. The molecule has 0 amide bonds. The normalized spacial score (nSPS) is 12.3. The summed E-state index contributed by atoms with van der Waals surface area (Å²) in [6, 6.07) is 20.0. The number of fused-ring (bicyclic) bond motifs is 6. The van der Waals surface area contributed by atoms with Crippen molar-refractivity contribution in [3.05, 3.63) is 65.7 Å². The van der Waals surface area contributed by atoms with Crippen LogP contribution in [0.5, 0.6) is 0 Å². The molecule has 0 spiro atoms. The van der Waals surface area contributed by atoms with Crippen LogP contribution < -0.4 is 0 Å². The van der Waals surface area contributed by atoms with E-state index in [-0.39, 0.29) is 0 Å². The van der Waals surface area contributed by atoms with Crippen molar-refractivity contribution < 1.29 is 0 Å². The molecule has 5 aromatic rings. The fourth-order valence-corrected chi connectivity index (χ4v) is 3.94. The first-order valence-corrected chi connectivity index (χ1v) is 7.40. The zero-order valence-electron chi connectivity index (χ0n) is 12.1. The minimum atomic E-state index is 1.31. The van der Waals surface area contributed by atoms with E-state index in [1.807, 2.05) is 0 Å². The van der Waals surface area contributed by atoms with Crippen LogP contribution in [0.3, 0.4) is 0 Å². The average Bonchev–Trinajstić information content (AvgIpc) is 2.98. The maximum absolute atomic E-state index is 2.44. The summed E-state index contributed by atoms with van der Waals surface area (Å²) in [6.45, 7) is 4.40. The zero-order valence-corrected chi connectivity index (χ0v) is 12.1. The molecule has 5 rings (SSSR count). The van der Waals surface area contributed by atoms with Gasteiger partial charge in [0.1, 0.15) is 0 Å². The third kappa shape index (κ3) is 1.22. The molecule has 100 valence electrons. The summed E-state index contributed by atoms with van der Waals surface area (Å²) in [5, 5.41) is 5.47. The average molecular weight is 269 g/mol. The first kappa shape index (κ1) is 11.2. The van der Waals surface area contributed by atoms with Crippen molar-refractivity contribution in [2.24, 2.45) is 0 Å². The highest BCUT2D eigenvalue weighted by Crippen LogP contribution is 2.40. The van der Waals surface area contributed by atoms with Crippen molar-refractivity contribution in [3.63, 3.8) is 0 Å². The third-order valence-electron chi connectivity index (χ3n) is 4.66. The minimum Gasteiger partial charge on any atom is -0.308 e. The van der Waals surface area contributed by atoms with Crippen LogP contribution in [-0.4, -0.2) is 4.40 Å². The molecule has 0 N–H and O–H groups in total. The molecule has 0 radical (unpaired) electrons. The lowest BCUT2D eigenvalue weighted by molar-refractivity contribution is 1.34. The molecule has 3 aromatic carbocycles. The number of rotatable bonds is 0. The van der Waals surface area contributed by atoms with Gasteiger partial charge in [0.2, 0.25) is 0 Å². The van der Waals surface area contributed by atoms with Gasteiger partial charge in [-0.3, -0.25) is 0 Å². The van der Waals surface area contributed by atoms with Crippen LogP contribution in [0.1, 0.15) is 11.1 Å². The van der Waals surface area contributed by atoms with E-state index in [1.54, 1.807) is 0 Å². The molecule has 2 heterocycles. The second kappa shape index (κ2) is 3.56. The van der Waals surface area contributed by atoms with Gasteiger partial charge in [-0.15, -0.1) is 0 Å². The smallest absolute Gasteiger partial charge is 0.0620 e. The SMILES string of the molecule is Cc1cc(C)c2c3cccc4c5ccccc5n(c2c1)c43. The Bertz CT molecular complexity index is 1140. The summed E-state index contributed by atoms with van der Waals surface area (Å²) in [4.78, 5) is 0. The van der Waals surface area contributed by atoms with E-state index in [9.17, 15) is 0 Å². The summed E-state index contributed by atoms with van der Waals surface area (Å²) in [5.74, 6) is 0. The number of hydrogen-bond donors (Lipinski definition) is 0. The van der Waals surface area contributed by atoms with Gasteiger partial charge in [0.05, 0.1) is 16.6 Å². The van der Waals surface area contributed by atoms with E-state index in [4.69, 9.17) is 0 Å². The monoisotopic (exact) mass is 269 g/mol. The molecule has 0 bridgehead atoms. The van der Waals surface area contributed by atoms with Crippen LogP contribution in [0, 0.1) is 13.8 Å². The van der Waals surface area contributed by atoms with Gasteiger partial charge in [-0.2, -0.15) is 0 Å². The molecular weight excluding hydrogens is 254 g/mol. The van der Waals surface area contributed by atoms with Crippen LogP contribution in [0.4, 0.5) is 0 Å². The lowest BCUT2D eigenvalue weighted by Gasteiger charge is -2.02. The highest BCUT2D eigenvalue weighted by molar-refractivity contribution is 6.23. The van der Waals surface area contributed by atoms with Gasteiger partial charge >= 0.3 is 0 Å². The molecule has 0 aliphatic heterocycles. The van der Waals surface area contributed by atoms with E-state index >= 15 is 0 Å². The number of nitrogens with zero attached hydrogens (tertiary/aromatic N) is 1. The van der Waals surface area contributed by atoms with E-state index in [0.29, 0.717) is 0 Å². The molecule has 0 aliphatic rings. The van der Waals surface area contributed by atoms with Crippen LogP contribution in [-0.2, 0) is 0 Å². The molecule has 1 heteroatoms. The molecule has 1 nitrogen and oxygen atoms in total.